The molecule has 1 aromatic rings. The molecule has 0 spiro atoms. The Balaban J connectivity index is 2.43. The molecule has 26 heavy (non-hydrogen) atoms. The number of unbranched alkanes of at least 4 members (excludes halogenated alkanes) is 2. The number of amides is 1. The second-order valence-electron chi connectivity index (χ2n) is 6.89. The van der Waals surface area contributed by atoms with Gasteiger partial charge in [0.15, 0.2) is 11.5 Å². The zero-order valence-corrected chi connectivity index (χ0v) is 16.1. The lowest BCUT2D eigenvalue weighted by atomic mass is 9.95. The lowest BCUT2D eigenvalue weighted by Crippen LogP contribution is -2.32. The van der Waals surface area contributed by atoms with Crippen LogP contribution in [-0.2, 0) is 9.59 Å². The van der Waals surface area contributed by atoms with Crippen LogP contribution >= 0.6 is 0 Å². The molecule has 5 heteroatoms. The second kappa shape index (κ2) is 8.88. The number of carbonyl (C=O) groups excluding carboxylic acids is 2. The summed E-state index contributed by atoms with van der Waals surface area (Å²) < 4.78 is 5.76. The first-order chi connectivity index (χ1) is 12.4. The van der Waals surface area contributed by atoms with Crippen molar-refractivity contribution in [2.75, 3.05) is 6.54 Å². The minimum atomic E-state index is -0.553. The number of aliphatic hydroxyl groups excluding tert-OH is 1. The summed E-state index contributed by atoms with van der Waals surface area (Å²) in [7, 11) is 0. The monoisotopic (exact) mass is 359 g/mol. The van der Waals surface area contributed by atoms with Crippen molar-refractivity contribution in [2.24, 2.45) is 0 Å². The third kappa shape index (κ3) is 4.26. The second-order valence-corrected chi connectivity index (χ2v) is 6.89. The summed E-state index contributed by atoms with van der Waals surface area (Å²) >= 11 is 0. The fourth-order valence-corrected chi connectivity index (χ4v) is 3.27. The number of nitrogens with zero attached hydrogens (tertiary/aromatic N) is 1. The predicted octanol–water partition coefficient (Wildman–Crippen LogP) is 4.34. The molecule has 1 atom stereocenters. The van der Waals surface area contributed by atoms with Gasteiger partial charge in [0.05, 0.1) is 17.7 Å². The molecule has 0 saturated heterocycles. The van der Waals surface area contributed by atoms with Crippen LogP contribution in [0.1, 0.15) is 65.0 Å². The van der Waals surface area contributed by atoms with Gasteiger partial charge in [-0.1, -0.05) is 38.8 Å². The highest BCUT2D eigenvalue weighted by molar-refractivity contribution is 6.08. The van der Waals surface area contributed by atoms with Gasteiger partial charge in [-0.25, -0.2) is 0 Å². The number of ketones is 1. The van der Waals surface area contributed by atoms with Crippen LogP contribution in [0.2, 0.25) is 0 Å². The average molecular weight is 359 g/mol. The van der Waals surface area contributed by atoms with Crippen molar-refractivity contribution < 1.29 is 19.4 Å². The Morgan fingerprint density at radius 1 is 1.27 bits per heavy atom. The molecule has 142 valence electrons. The van der Waals surface area contributed by atoms with Crippen LogP contribution in [0, 0.1) is 0 Å². The summed E-state index contributed by atoms with van der Waals surface area (Å²) in [6, 6.07) is 6.88. The lowest BCUT2D eigenvalue weighted by Gasteiger charge is -2.27. The van der Waals surface area contributed by atoms with E-state index in [0.717, 1.165) is 24.8 Å². The summed E-state index contributed by atoms with van der Waals surface area (Å²) in [5, 5.41) is 10.4. The van der Waals surface area contributed by atoms with E-state index in [0.29, 0.717) is 12.3 Å². The van der Waals surface area contributed by atoms with Crippen molar-refractivity contribution in [3.05, 3.63) is 41.2 Å². The Bertz CT molecular complexity index is 693. The lowest BCUT2D eigenvalue weighted by molar-refractivity contribution is -0.129. The van der Waals surface area contributed by atoms with Crippen molar-refractivity contribution in [1.29, 1.82) is 0 Å². The van der Waals surface area contributed by atoms with Crippen molar-refractivity contribution in [3.8, 4) is 5.75 Å². The fourth-order valence-electron chi connectivity index (χ4n) is 3.27. The zero-order valence-electron chi connectivity index (χ0n) is 16.1. The van der Waals surface area contributed by atoms with Crippen molar-refractivity contribution in [1.82, 2.24) is 4.90 Å². The van der Waals surface area contributed by atoms with E-state index >= 15 is 0 Å². The van der Waals surface area contributed by atoms with Gasteiger partial charge in [0.25, 0.3) is 5.91 Å². The molecule has 1 unspecified atom stereocenters. The van der Waals surface area contributed by atoms with Crippen LogP contribution in [0.3, 0.4) is 0 Å². The molecule has 0 fully saturated rings. The number of aliphatic hydroxyl groups is 1. The molecule has 0 aromatic heterocycles. The first-order valence-electron chi connectivity index (χ1n) is 9.44. The molecule has 2 rings (SSSR count). The van der Waals surface area contributed by atoms with Crippen LogP contribution < -0.4 is 4.74 Å². The van der Waals surface area contributed by atoms with Gasteiger partial charge in [-0.15, -0.1) is 0 Å². The SMILES string of the molecule is CCCCCN1C(=O)C(O)=C(C(=O)CC)C1c1cccc(OC(C)C)c1. The standard InChI is InChI=1S/C21H29NO4/c1-5-7-8-12-22-19(18(17(23)6-2)20(24)21(22)25)15-10-9-11-16(13-15)26-14(3)4/h9-11,13-14,19,24H,5-8,12H2,1-4H3. The van der Waals surface area contributed by atoms with Crippen LogP contribution in [0.4, 0.5) is 0 Å². The van der Waals surface area contributed by atoms with Gasteiger partial charge in [0.1, 0.15) is 5.75 Å². The van der Waals surface area contributed by atoms with Gasteiger partial charge < -0.3 is 14.7 Å². The maximum atomic E-state index is 12.6. The zero-order chi connectivity index (χ0) is 19.3. The Kier molecular flexibility index (Phi) is 6.83. The van der Waals surface area contributed by atoms with E-state index in [1.807, 2.05) is 38.1 Å². The van der Waals surface area contributed by atoms with E-state index in [-0.39, 0.29) is 23.9 Å². The maximum absolute atomic E-state index is 12.6. The van der Waals surface area contributed by atoms with Gasteiger partial charge in [-0.3, -0.25) is 9.59 Å². The van der Waals surface area contributed by atoms with Crippen LogP contribution in [0.25, 0.3) is 0 Å². The average Bonchev–Trinajstić information content (AvgIpc) is 2.86. The Hall–Kier alpha value is -2.30. The molecule has 1 aliphatic heterocycles. The molecule has 1 N–H and O–H groups in total. The first kappa shape index (κ1) is 20.0. The molecule has 1 aliphatic rings. The molecule has 0 bridgehead atoms. The van der Waals surface area contributed by atoms with E-state index < -0.39 is 17.7 Å². The number of rotatable bonds is 9. The van der Waals surface area contributed by atoms with E-state index in [1.54, 1.807) is 11.8 Å². The molecular formula is C21H29NO4. The predicted molar refractivity (Wildman–Crippen MR) is 101 cm³/mol. The summed E-state index contributed by atoms with van der Waals surface area (Å²) in [5.74, 6) is -0.381. The van der Waals surface area contributed by atoms with Gasteiger partial charge in [0.2, 0.25) is 0 Å². The minimum absolute atomic E-state index is 0.0248. The van der Waals surface area contributed by atoms with Gasteiger partial charge >= 0.3 is 0 Å². The summed E-state index contributed by atoms with van der Waals surface area (Å²) in [6.07, 6.45) is 3.13. The highest BCUT2D eigenvalue weighted by atomic mass is 16.5. The number of carbonyl (C=O) groups is 2. The highest BCUT2D eigenvalue weighted by Crippen LogP contribution is 2.39. The van der Waals surface area contributed by atoms with E-state index in [4.69, 9.17) is 4.74 Å². The summed E-state index contributed by atoms with van der Waals surface area (Å²) in [6.45, 7) is 8.23. The molecule has 1 aromatic carbocycles. The van der Waals surface area contributed by atoms with Crippen LogP contribution in [0.15, 0.2) is 35.6 Å². The summed E-state index contributed by atoms with van der Waals surface area (Å²) in [4.78, 5) is 26.7. The molecule has 0 aliphatic carbocycles. The highest BCUT2D eigenvalue weighted by Gasteiger charge is 2.42. The largest absolute Gasteiger partial charge is 0.503 e. The van der Waals surface area contributed by atoms with Crippen LogP contribution in [0.5, 0.6) is 5.75 Å². The molecular weight excluding hydrogens is 330 g/mol. The van der Waals surface area contributed by atoms with Gasteiger partial charge in [-0.05, 0) is 38.0 Å². The molecule has 0 radical (unpaired) electrons. The van der Waals surface area contributed by atoms with E-state index in [2.05, 4.69) is 6.92 Å². The maximum Gasteiger partial charge on any atom is 0.290 e. The third-order valence-corrected chi connectivity index (χ3v) is 4.47. The first-order valence-corrected chi connectivity index (χ1v) is 9.44. The number of Topliss-reactive ketones (excluding diaryl/α,β-unsaturated/α-hetero) is 1. The molecule has 0 saturated carbocycles. The smallest absolute Gasteiger partial charge is 0.290 e. The molecule has 1 amide bonds. The van der Waals surface area contributed by atoms with E-state index in [1.165, 1.54) is 0 Å². The van der Waals surface area contributed by atoms with Crippen molar-refractivity contribution >= 4 is 11.7 Å². The number of hydrogen-bond donors (Lipinski definition) is 1. The molecule has 1 heterocycles. The van der Waals surface area contributed by atoms with Gasteiger partial charge in [0, 0.05) is 13.0 Å². The quantitative estimate of drug-likeness (QED) is 0.666. The normalized spacial score (nSPS) is 17.3. The number of ether oxygens (including phenoxy) is 1. The fraction of sp³-hybridized carbons (Fsp3) is 0.524. The Labute approximate surface area is 155 Å². The number of benzene rings is 1. The third-order valence-electron chi connectivity index (χ3n) is 4.47. The van der Waals surface area contributed by atoms with Crippen LogP contribution in [-0.4, -0.2) is 34.3 Å². The Morgan fingerprint density at radius 3 is 2.62 bits per heavy atom. The topological polar surface area (TPSA) is 66.8 Å². The van der Waals surface area contributed by atoms with Crippen molar-refractivity contribution in [3.63, 3.8) is 0 Å². The minimum Gasteiger partial charge on any atom is -0.503 e. The molecule has 5 nitrogen and oxygen atoms in total. The number of hydrogen-bond acceptors (Lipinski definition) is 4. The van der Waals surface area contributed by atoms with E-state index in [9.17, 15) is 14.7 Å². The van der Waals surface area contributed by atoms with Crippen molar-refractivity contribution in [2.45, 2.75) is 65.5 Å². The summed E-state index contributed by atoms with van der Waals surface area (Å²) in [5.41, 5.74) is 0.990. The Morgan fingerprint density at radius 2 is 2.00 bits per heavy atom. The van der Waals surface area contributed by atoms with Gasteiger partial charge in [-0.2, -0.15) is 0 Å².